The lowest BCUT2D eigenvalue weighted by Gasteiger charge is -2.20. The number of benzene rings is 1. The normalized spacial score (nSPS) is 11.6. The molecule has 0 saturated heterocycles. The van der Waals surface area contributed by atoms with Gasteiger partial charge in [-0.1, -0.05) is 0 Å². The van der Waals surface area contributed by atoms with Crippen LogP contribution >= 0.6 is 0 Å². The second-order valence-corrected chi connectivity index (χ2v) is 4.50. The van der Waals surface area contributed by atoms with Crippen LogP contribution in [0.3, 0.4) is 0 Å². The van der Waals surface area contributed by atoms with E-state index in [4.69, 9.17) is 9.84 Å². The highest BCUT2D eigenvalue weighted by molar-refractivity contribution is 5.79. The summed E-state index contributed by atoms with van der Waals surface area (Å²) in [4.78, 5) is 23.3. The smallest absolute Gasteiger partial charge is 0.311 e. The molecule has 0 aliphatic carbocycles. The molecule has 0 aliphatic heterocycles. The second-order valence-electron chi connectivity index (χ2n) is 4.50. The number of carbonyl (C=O) groups excluding carboxylic acids is 1. The van der Waals surface area contributed by atoms with Crippen molar-refractivity contribution in [2.45, 2.75) is 13.0 Å². The number of likely N-dealkylation sites (N-methyl/N-ethyl adjacent to an activating group) is 1. The SMILES string of the molecule is COc1cc(N(C)CCNC(=O)C(C)O)ccc1[N+](=O)[O-]. The number of rotatable bonds is 7. The number of anilines is 1. The molecule has 0 radical (unpaired) electrons. The van der Waals surface area contributed by atoms with E-state index in [2.05, 4.69) is 5.32 Å². The molecular formula is C13H19N3O5. The van der Waals surface area contributed by atoms with Gasteiger partial charge in [-0.15, -0.1) is 0 Å². The molecule has 0 saturated carbocycles. The van der Waals surface area contributed by atoms with Crippen molar-refractivity contribution < 1.29 is 19.6 Å². The Morgan fingerprint density at radius 3 is 2.76 bits per heavy atom. The minimum absolute atomic E-state index is 0.0999. The Balaban J connectivity index is 2.68. The van der Waals surface area contributed by atoms with Crippen LogP contribution in [0.5, 0.6) is 5.75 Å². The number of nitro benzene ring substituents is 1. The number of amides is 1. The van der Waals surface area contributed by atoms with E-state index in [1.807, 2.05) is 4.90 Å². The highest BCUT2D eigenvalue weighted by Crippen LogP contribution is 2.30. The van der Waals surface area contributed by atoms with Gasteiger partial charge in [-0.2, -0.15) is 0 Å². The van der Waals surface area contributed by atoms with Gasteiger partial charge in [0, 0.05) is 38.0 Å². The van der Waals surface area contributed by atoms with Gasteiger partial charge in [-0.05, 0) is 13.0 Å². The molecule has 1 rings (SSSR count). The van der Waals surface area contributed by atoms with Gasteiger partial charge in [0.15, 0.2) is 5.75 Å². The Morgan fingerprint density at radius 2 is 2.24 bits per heavy atom. The van der Waals surface area contributed by atoms with Gasteiger partial charge in [0.2, 0.25) is 5.91 Å². The fraction of sp³-hybridized carbons (Fsp3) is 0.462. The summed E-state index contributed by atoms with van der Waals surface area (Å²) in [5.41, 5.74) is 0.626. The van der Waals surface area contributed by atoms with Crippen LogP contribution in [0.15, 0.2) is 18.2 Å². The predicted octanol–water partition coefficient (Wildman–Crippen LogP) is 0.537. The zero-order valence-electron chi connectivity index (χ0n) is 12.2. The van der Waals surface area contributed by atoms with Crippen molar-refractivity contribution in [3.63, 3.8) is 0 Å². The molecule has 1 aromatic rings. The third-order valence-electron chi connectivity index (χ3n) is 2.93. The van der Waals surface area contributed by atoms with E-state index in [-0.39, 0.29) is 11.4 Å². The Labute approximate surface area is 122 Å². The third kappa shape index (κ3) is 4.60. The molecule has 0 bridgehead atoms. The summed E-state index contributed by atoms with van der Waals surface area (Å²) in [6, 6.07) is 4.55. The number of nitrogens with zero attached hydrogens (tertiary/aromatic N) is 2. The second kappa shape index (κ2) is 7.44. The van der Waals surface area contributed by atoms with Crippen molar-refractivity contribution in [1.82, 2.24) is 5.32 Å². The first kappa shape index (κ1) is 16.7. The van der Waals surface area contributed by atoms with E-state index in [9.17, 15) is 14.9 Å². The van der Waals surface area contributed by atoms with Crippen molar-refractivity contribution >= 4 is 17.3 Å². The topological polar surface area (TPSA) is 105 Å². The van der Waals surface area contributed by atoms with Crippen molar-refractivity contribution in [2.75, 3.05) is 32.1 Å². The molecule has 2 N–H and O–H groups in total. The number of nitro groups is 1. The summed E-state index contributed by atoms with van der Waals surface area (Å²) in [5, 5.41) is 22.4. The molecule has 0 heterocycles. The first-order chi connectivity index (χ1) is 9.86. The van der Waals surface area contributed by atoms with Gasteiger partial charge < -0.3 is 20.1 Å². The maximum Gasteiger partial charge on any atom is 0.311 e. The number of methoxy groups -OCH3 is 1. The minimum Gasteiger partial charge on any atom is -0.490 e. The molecule has 21 heavy (non-hydrogen) atoms. The van der Waals surface area contributed by atoms with Gasteiger partial charge in [-0.3, -0.25) is 14.9 Å². The van der Waals surface area contributed by atoms with Crippen LogP contribution in [-0.4, -0.2) is 49.3 Å². The molecule has 0 aliphatic rings. The van der Waals surface area contributed by atoms with Crippen molar-refractivity contribution in [2.24, 2.45) is 0 Å². The quantitative estimate of drug-likeness (QED) is 0.562. The first-order valence-corrected chi connectivity index (χ1v) is 6.36. The van der Waals surface area contributed by atoms with E-state index in [0.29, 0.717) is 13.1 Å². The van der Waals surface area contributed by atoms with E-state index in [1.54, 1.807) is 19.2 Å². The highest BCUT2D eigenvalue weighted by Gasteiger charge is 2.16. The fourth-order valence-corrected chi connectivity index (χ4v) is 1.68. The van der Waals surface area contributed by atoms with Crippen molar-refractivity contribution in [3.8, 4) is 5.75 Å². The highest BCUT2D eigenvalue weighted by atomic mass is 16.6. The van der Waals surface area contributed by atoms with E-state index in [0.717, 1.165) is 5.69 Å². The van der Waals surface area contributed by atoms with E-state index in [1.165, 1.54) is 20.1 Å². The number of hydrogen-bond donors (Lipinski definition) is 2. The lowest BCUT2D eigenvalue weighted by molar-refractivity contribution is -0.385. The summed E-state index contributed by atoms with van der Waals surface area (Å²) in [5.74, 6) is -0.262. The van der Waals surface area contributed by atoms with E-state index >= 15 is 0 Å². The predicted molar refractivity (Wildman–Crippen MR) is 77.6 cm³/mol. The molecule has 8 heteroatoms. The van der Waals surface area contributed by atoms with Crippen LogP contribution in [0.1, 0.15) is 6.92 Å². The maximum atomic E-state index is 11.2. The van der Waals surface area contributed by atoms with Crippen LogP contribution in [0.25, 0.3) is 0 Å². The summed E-state index contributed by atoms with van der Waals surface area (Å²) < 4.78 is 5.00. The molecule has 0 fully saturated rings. The van der Waals surface area contributed by atoms with Crippen LogP contribution in [0, 0.1) is 10.1 Å². The lowest BCUT2D eigenvalue weighted by atomic mass is 10.2. The largest absolute Gasteiger partial charge is 0.490 e. The van der Waals surface area contributed by atoms with Crippen molar-refractivity contribution in [3.05, 3.63) is 28.3 Å². The van der Waals surface area contributed by atoms with Crippen LogP contribution < -0.4 is 15.0 Å². The average molecular weight is 297 g/mol. The van der Waals surface area contributed by atoms with Gasteiger partial charge in [0.05, 0.1) is 12.0 Å². The molecule has 1 atom stereocenters. The zero-order valence-corrected chi connectivity index (χ0v) is 12.2. The molecule has 8 nitrogen and oxygen atoms in total. The monoisotopic (exact) mass is 297 g/mol. The van der Waals surface area contributed by atoms with Crippen LogP contribution in [-0.2, 0) is 4.79 Å². The summed E-state index contributed by atoms with van der Waals surface area (Å²) in [6.45, 7) is 2.22. The lowest BCUT2D eigenvalue weighted by Crippen LogP contribution is -2.37. The molecule has 0 aromatic heterocycles. The average Bonchev–Trinajstić information content (AvgIpc) is 2.45. The molecule has 116 valence electrons. The van der Waals surface area contributed by atoms with Crippen LogP contribution in [0.4, 0.5) is 11.4 Å². The maximum absolute atomic E-state index is 11.2. The summed E-state index contributed by atoms with van der Waals surface area (Å²) in [7, 11) is 3.16. The van der Waals surface area contributed by atoms with Gasteiger partial charge in [0.1, 0.15) is 6.10 Å². The Kier molecular flexibility index (Phi) is 5.92. The number of nitrogens with one attached hydrogen (secondary N) is 1. The first-order valence-electron chi connectivity index (χ1n) is 6.36. The fourth-order valence-electron chi connectivity index (χ4n) is 1.68. The standard InChI is InChI=1S/C13H19N3O5/c1-9(17)13(18)14-6-7-15(2)10-4-5-11(16(19)20)12(8-10)21-3/h4-5,8-9,17H,6-7H2,1-3H3,(H,14,18). The Bertz CT molecular complexity index is 519. The van der Waals surface area contributed by atoms with Gasteiger partial charge in [-0.25, -0.2) is 0 Å². The summed E-state index contributed by atoms with van der Waals surface area (Å²) in [6.07, 6.45) is -1.05. The number of aliphatic hydroxyl groups excluding tert-OH is 1. The zero-order chi connectivity index (χ0) is 16.0. The molecule has 1 unspecified atom stereocenters. The number of carbonyl (C=O) groups is 1. The molecular weight excluding hydrogens is 278 g/mol. The number of ether oxygens (including phenoxy) is 1. The van der Waals surface area contributed by atoms with Gasteiger partial charge >= 0.3 is 5.69 Å². The minimum atomic E-state index is -1.05. The Hall–Kier alpha value is -2.35. The third-order valence-corrected chi connectivity index (χ3v) is 2.93. The number of aliphatic hydroxyl groups is 1. The van der Waals surface area contributed by atoms with Crippen LogP contribution in [0.2, 0.25) is 0 Å². The van der Waals surface area contributed by atoms with Crippen molar-refractivity contribution in [1.29, 1.82) is 0 Å². The van der Waals surface area contributed by atoms with E-state index < -0.39 is 16.9 Å². The van der Waals surface area contributed by atoms with Gasteiger partial charge in [0.25, 0.3) is 0 Å². The molecule has 1 aromatic carbocycles. The molecule has 0 spiro atoms. The number of hydrogen-bond acceptors (Lipinski definition) is 6. The summed E-state index contributed by atoms with van der Waals surface area (Å²) >= 11 is 0. The molecule has 1 amide bonds. The Morgan fingerprint density at radius 1 is 1.57 bits per heavy atom.